The molecule has 0 aromatic carbocycles. The molecule has 2 saturated heterocycles. The van der Waals surface area contributed by atoms with Crippen LogP contribution >= 0.6 is 0 Å². The van der Waals surface area contributed by atoms with Gasteiger partial charge in [0.2, 0.25) is 0 Å². The fraction of sp³-hybridized carbons (Fsp3) is 0.652. The van der Waals surface area contributed by atoms with Gasteiger partial charge in [0.1, 0.15) is 11.6 Å². The zero-order valence-electron chi connectivity index (χ0n) is 20.8. The van der Waals surface area contributed by atoms with Crippen LogP contribution in [0.5, 0.6) is 0 Å². The first-order chi connectivity index (χ1) is 16.2. The molecule has 2 aromatic heterocycles. The van der Waals surface area contributed by atoms with Crippen molar-refractivity contribution >= 4 is 12.9 Å². The van der Waals surface area contributed by atoms with Gasteiger partial charge in [0.05, 0.1) is 30.1 Å². The molecule has 1 spiro atoms. The molecule has 0 saturated carbocycles. The van der Waals surface area contributed by atoms with Crippen molar-refractivity contribution in [3.05, 3.63) is 34.2 Å². The molecule has 0 aliphatic carbocycles. The average molecular weight is 480 g/mol. The standard InChI is InChI=1S/C21H33N5O2.2CH2O2/c1-15-17(3)24(5)20(22-15)13-25-8-6-21(7-9-25)14-26(10-11-27-21)12-19-16(2)23-28-18(19)4;2*2-1-3/h6-14H2,1-5H3;2*1H,(H,2,3). The molecule has 11 nitrogen and oxygen atoms in total. The highest BCUT2D eigenvalue weighted by molar-refractivity contribution is 5.33. The minimum atomic E-state index is -0.250. The van der Waals surface area contributed by atoms with Crippen molar-refractivity contribution in [2.45, 2.75) is 59.2 Å². The van der Waals surface area contributed by atoms with E-state index in [0.29, 0.717) is 0 Å². The molecule has 0 amide bonds. The highest BCUT2D eigenvalue weighted by Crippen LogP contribution is 2.32. The third-order valence-electron chi connectivity index (χ3n) is 6.73. The Morgan fingerprint density at radius 2 is 1.59 bits per heavy atom. The van der Waals surface area contributed by atoms with E-state index in [1.165, 1.54) is 11.3 Å². The fourth-order valence-electron chi connectivity index (χ4n) is 4.56. The van der Waals surface area contributed by atoms with E-state index in [1.54, 1.807) is 0 Å². The number of hydrogen-bond acceptors (Lipinski definition) is 8. The van der Waals surface area contributed by atoms with Crippen molar-refractivity contribution in [3.63, 3.8) is 0 Å². The van der Waals surface area contributed by atoms with Crippen LogP contribution in [-0.2, 0) is 34.5 Å². The molecule has 0 atom stereocenters. The van der Waals surface area contributed by atoms with Crippen molar-refractivity contribution in [1.29, 1.82) is 0 Å². The molecule has 4 heterocycles. The largest absolute Gasteiger partial charge is 0.483 e. The molecule has 2 aliphatic heterocycles. The minimum absolute atomic E-state index is 0.0127. The van der Waals surface area contributed by atoms with E-state index in [0.717, 1.165) is 81.7 Å². The average Bonchev–Trinajstić information content (AvgIpc) is 3.24. The van der Waals surface area contributed by atoms with Gasteiger partial charge in [-0.3, -0.25) is 19.4 Å². The third-order valence-corrected chi connectivity index (χ3v) is 6.73. The number of carboxylic acid groups (broad SMARTS) is 2. The third kappa shape index (κ3) is 6.87. The Hall–Kier alpha value is -2.76. The van der Waals surface area contributed by atoms with Crippen LogP contribution in [-0.4, -0.2) is 86.1 Å². The van der Waals surface area contributed by atoms with E-state index in [9.17, 15) is 0 Å². The maximum atomic E-state index is 8.36. The van der Waals surface area contributed by atoms with Crippen molar-refractivity contribution in [2.24, 2.45) is 7.05 Å². The Morgan fingerprint density at radius 1 is 0.971 bits per heavy atom. The van der Waals surface area contributed by atoms with Crippen LogP contribution in [0, 0.1) is 27.7 Å². The summed E-state index contributed by atoms with van der Waals surface area (Å²) in [6.07, 6.45) is 2.15. The van der Waals surface area contributed by atoms with Crippen LogP contribution in [0.4, 0.5) is 0 Å². The Bertz CT molecular complexity index is 907. The van der Waals surface area contributed by atoms with E-state index >= 15 is 0 Å². The number of imidazole rings is 1. The normalized spacial score (nSPS) is 17.9. The van der Waals surface area contributed by atoms with Gasteiger partial charge in [0.15, 0.2) is 0 Å². The molecular weight excluding hydrogens is 442 g/mol. The van der Waals surface area contributed by atoms with Crippen molar-refractivity contribution in [2.75, 3.05) is 32.8 Å². The Morgan fingerprint density at radius 3 is 2.09 bits per heavy atom. The molecule has 2 aliphatic rings. The summed E-state index contributed by atoms with van der Waals surface area (Å²) < 4.78 is 13.9. The lowest BCUT2D eigenvalue weighted by atomic mass is 9.89. The summed E-state index contributed by atoms with van der Waals surface area (Å²) in [5.74, 6) is 2.10. The van der Waals surface area contributed by atoms with Gasteiger partial charge in [-0.25, -0.2) is 4.98 Å². The SMILES string of the molecule is Cc1noc(C)c1CN1CCOC2(CCN(Cc3nc(C)c(C)n3C)CC2)C1.O=CO.O=CO. The van der Waals surface area contributed by atoms with Crippen LogP contribution in [0.3, 0.4) is 0 Å². The summed E-state index contributed by atoms with van der Waals surface area (Å²) >= 11 is 0. The molecule has 11 heteroatoms. The number of carbonyl (C=O) groups is 2. The second-order valence-corrected chi connectivity index (χ2v) is 8.79. The lowest BCUT2D eigenvalue weighted by molar-refractivity contribution is -0.138. The maximum absolute atomic E-state index is 8.36. The minimum Gasteiger partial charge on any atom is -0.483 e. The summed E-state index contributed by atoms with van der Waals surface area (Å²) in [4.78, 5) is 26.5. The molecule has 190 valence electrons. The molecule has 2 aromatic rings. The van der Waals surface area contributed by atoms with E-state index in [-0.39, 0.29) is 18.5 Å². The first-order valence-electron chi connectivity index (χ1n) is 11.3. The number of piperidine rings is 1. The van der Waals surface area contributed by atoms with Gasteiger partial charge >= 0.3 is 0 Å². The lowest BCUT2D eigenvalue weighted by Crippen LogP contribution is -2.56. The van der Waals surface area contributed by atoms with Gasteiger partial charge in [-0.05, 0) is 40.5 Å². The van der Waals surface area contributed by atoms with E-state index in [1.807, 2.05) is 13.8 Å². The summed E-state index contributed by atoms with van der Waals surface area (Å²) in [7, 11) is 2.12. The molecule has 0 unspecified atom stereocenters. The molecule has 0 bridgehead atoms. The monoisotopic (exact) mass is 479 g/mol. The smallest absolute Gasteiger partial charge is 0.290 e. The summed E-state index contributed by atoms with van der Waals surface area (Å²) in [5.41, 5.74) is 4.62. The number of morpholine rings is 1. The number of aromatic nitrogens is 3. The van der Waals surface area contributed by atoms with Crippen molar-refractivity contribution < 1.29 is 29.1 Å². The second-order valence-electron chi connectivity index (χ2n) is 8.79. The van der Waals surface area contributed by atoms with E-state index in [2.05, 4.69) is 40.4 Å². The highest BCUT2D eigenvalue weighted by Gasteiger charge is 2.40. The zero-order chi connectivity index (χ0) is 25.3. The molecule has 0 radical (unpaired) electrons. The van der Waals surface area contributed by atoms with Gasteiger partial charge in [-0.1, -0.05) is 5.16 Å². The number of aryl methyl sites for hydroxylation is 3. The van der Waals surface area contributed by atoms with Crippen LogP contribution in [0.25, 0.3) is 0 Å². The number of nitrogens with zero attached hydrogens (tertiary/aromatic N) is 5. The van der Waals surface area contributed by atoms with Gasteiger partial charge in [-0.15, -0.1) is 0 Å². The van der Waals surface area contributed by atoms with Gasteiger partial charge < -0.3 is 24.0 Å². The Kier molecular flexibility index (Phi) is 10.2. The predicted molar refractivity (Wildman–Crippen MR) is 125 cm³/mol. The van der Waals surface area contributed by atoms with Crippen LogP contribution < -0.4 is 0 Å². The lowest BCUT2D eigenvalue weighted by Gasteiger charge is -2.47. The Balaban J connectivity index is 0.000000618. The molecule has 4 rings (SSSR count). The van der Waals surface area contributed by atoms with Gasteiger partial charge in [-0.2, -0.15) is 0 Å². The van der Waals surface area contributed by atoms with Gasteiger partial charge in [0.25, 0.3) is 12.9 Å². The van der Waals surface area contributed by atoms with Crippen LogP contribution in [0.15, 0.2) is 4.52 Å². The molecule has 34 heavy (non-hydrogen) atoms. The van der Waals surface area contributed by atoms with E-state index in [4.69, 9.17) is 34.0 Å². The highest BCUT2D eigenvalue weighted by atomic mass is 16.5. The second kappa shape index (κ2) is 12.6. The first kappa shape index (κ1) is 27.5. The topological polar surface area (TPSA) is 134 Å². The summed E-state index contributed by atoms with van der Waals surface area (Å²) in [5, 5.41) is 17.9. The maximum Gasteiger partial charge on any atom is 0.290 e. The number of rotatable bonds is 4. The zero-order valence-corrected chi connectivity index (χ0v) is 20.8. The Labute approximate surface area is 200 Å². The molecule has 2 N–H and O–H groups in total. The first-order valence-corrected chi connectivity index (χ1v) is 11.3. The molecule has 2 fully saturated rings. The predicted octanol–water partition coefficient (Wildman–Crippen LogP) is 1.91. The number of likely N-dealkylation sites (tertiary alicyclic amines) is 1. The van der Waals surface area contributed by atoms with Crippen molar-refractivity contribution in [1.82, 2.24) is 24.5 Å². The van der Waals surface area contributed by atoms with E-state index < -0.39 is 0 Å². The number of hydrogen-bond donors (Lipinski definition) is 2. The van der Waals surface area contributed by atoms with Crippen molar-refractivity contribution in [3.8, 4) is 0 Å². The van der Waals surface area contributed by atoms with Crippen LogP contribution in [0.2, 0.25) is 0 Å². The van der Waals surface area contributed by atoms with Crippen LogP contribution in [0.1, 0.15) is 47.1 Å². The summed E-state index contributed by atoms with van der Waals surface area (Å²) in [6.45, 7) is 14.5. The summed E-state index contributed by atoms with van der Waals surface area (Å²) in [6, 6.07) is 0. The number of ether oxygens (including phenoxy) is 1. The molecular formula is C23H37N5O6. The quantitative estimate of drug-likeness (QED) is 0.626. The fourth-order valence-corrected chi connectivity index (χ4v) is 4.56. The van der Waals surface area contributed by atoms with Gasteiger partial charge in [0, 0.05) is 51.0 Å².